The number of phenols is 1. The molecule has 1 aromatic carbocycles. The highest BCUT2D eigenvalue weighted by Gasteiger charge is 2.22. The van der Waals surface area contributed by atoms with E-state index in [9.17, 15) is 9.90 Å². The fourth-order valence-electron chi connectivity index (χ4n) is 2.98. The van der Waals surface area contributed by atoms with E-state index in [0.717, 1.165) is 37.7 Å². The van der Waals surface area contributed by atoms with Crippen LogP contribution in [-0.2, 0) is 6.42 Å². The van der Waals surface area contributed by atoms with Crippen LogP contribution in [0, 0.1) is 5.92 Å². The van der Waals surface area contributed by atoms with Crippen molar-refractivity contribution in [1.82, 2.24) is 10.6 Å². The molecule has 0 aliphatic heterocycles. The van der Waals surface area contributed by atoms with Crippen LogP contribution >= 0.6 is 0 Å². The molecule has 1 fully saturated rings. The number of aliphatic hydroxyl groups is 1. The van der Waals surface area contributed by atoms with Gasteiger partial charge in [-0.15, -0.1) is 0 Å². The Labute approximate surface area is 131 Å². The van der Waals surface area contributed by atoms with Gasteiger partial charge in [-0.1, -0.05) is 12.1 Å². The molecule has 0 aromatic heterocycles. The molecule has 1 unspecified atom stereocenters. The molecule has 0 heterocycles. The maximum atomic E-state index is 12.0. The monoisotopic (exact) mass is 306 g/mol. The minimum Gasteiger partial charge on any atom is -0.508 e. The fourth-order valence-corrected chi connectivity index (χ4v) is 2.98. The summed E-state index contributed by atoms with van der Waals surface area (Å²) in [6.45, 7) is 2.22. The van der Waals surface area contributed by atoms with Gasteiger partial charge in [-0.25, -0.2) is 4.79 Å². The van der Waals surface area contributed by atoms with Crippen molar-refractivity contribution in [3.8, 4) is 5.75 Å². The number of aliphatic hydroxyl groups excluding tert-OH is 1. The molecule has 1 aliphatic rings. The Bertz CT molecular complexity index is 467. The van der Waals surface area contributed by atoms with Crippen molar-refractivity contribution in [3.63, 3.8) is 0 Å². The fraction of sp³-hybridized carbons (Fsp3) is 0.588. The zero-order valence-electron chi connectivity index (χ0n) is 13.1. The Balaban J connectivity index is 1.71. The van der Waals surface area contributed by atoms with Crippen molar-refractivity contribution >= 4 is 6.03 Å². The SMILES string of the molecule is CC(Cc1ccc(O)cc1)NC(=O)NC1CCC(CO)CC1. The van der Waals surface area contributed by atoms with E-state index < -0.39 is 0 Å². The van der Waals surface area contributed by atoms with Crippen LogP contribution in [0.25, 0.3) is 0 Å². The second-order valence-electron chi connectivity index (χ2n) is 6.29. The van der Waals surface area contributed by atoms with Gasteiger partial charge in [0.05, 0.1) is 0 Å². The van der Waals surface area contributed by atoms with Gasteiger partial charge in [-0.05, 0) is 62.6 Å². The molecule has 5 heteroatoms. The number of amides is 2. The number of nitrogens with one attached hydrogen (secondary N) is 2. The molecule has 0 spiro atoms. The number of hydrogen-bond donors (Lipinski definition) is 4. The smallest absolute Gasteiger partial charge is 0.315 e. The Morgan fingerprint density at radius 3 is 2.45 bits per heavy atom. The van der Waals surface area contributed by atoms with Crippen LogP contribution in [0.3, 0.4) is 0 Å². The first-order valence-electron chi connectivity index (χ1n) is 8.02. The van der Waals surface area contributed by atoms with Crippen molar-refractivity contribution in [1.29, 1.82) is 0 Å². The summed E-state index contributed by atoms with van der Waals surface area (Å²) in [5.41, 5.74) is 1.08. The lowest BCUT2D eigenvalue weighted by atomic mass is 9.87. The van der Waals surface area contributed by atoms with Gasteiger partial charge < -0.3 is 20.8 Å². The molecular weight excluding hydrogens is 280 g/mol. The van der Waals surface area contributed by atoms with E-state index in [1.807, 2.05) is 19.1 Å². The Hall–Kier alpha value is -1.75. The molecule has 1 saturated carbocycles. The Morgan fingerprint density at radius 2 is 1.86 bits per heavy atom. The number of hydrogen-bond acceptors (Lipinski definition) is 3. The summed E-state index contributed by atoms with van der Waals surface area (Å²) in [5, 5.41) is 24.4. The van der Waals surface area contributed by atoms with Crippen molar-refractivity contribution in [2.45, 2.75) is 51.1 Å². The minimum atomic E-state index is -0.126. The molecule has 0 saturated heterocycles. The molecule has 1 atom stereocenters. The average Bonchev–Trinajstić information content (AvgIpc) is 2.50. The predicted molar refractivity (Wildman–Crippen MR) is 85.8 cm³/mol. The first-order chi connectivity index (χ1) is 10.6. The predicted octanol–water partition coefficient (Wildman–Crippen LogP) is 2.17. The zero-order chi connectivity index (χ0) is 15.9. The van der Waals surface area contributed by atoms with E-state index in [1.165, 1.54) is 0 Å². The van der Waals surface area contributed by atoms with Crippen LogP contribution in [0.2, 0.25) is 0 Å². The van der Waals surface area contributed by atoms with Gasteiger partial charge in [0, 0.05) is 18.7 Å². The van der Waals surface area contributed by atoms with Gasteiger partial charge in [-0.2, -0.15) is 0 Å². The third kappa shape index (κ3) is 5.22. The summed E-state index contributed by atoms with van der Waals surface area (Å²) < 4.78 is 0. The summed E-state index contributed by atoms with van der Waals surface area (Å²) in [6, 6.07) is 7.15. The van der Waals surface area contributed by atoms with E-state index in [-0.39, 0.29) is 30.5 Å². The van der Waals surface area contributed by atoms with Gasteiger partial charge in [0.2, 0.25) is 0 Å². The highest BCUT2D eigenvalue weighted by molar-refractivity contribution is 5.74. The number of rotatable bonds is 5. The lowest BCUT2D eigenvalue weighted by Crippen LogP contribution is -2.47. The topological polar surface area (TPSA) is 81.6 Å². The van der Waals surface area contributed by atoms with E-state index in [2.05, 4.69) is 10.6 Å². The third-order valence-corrected chi connectivity index (χ3v) is 4.30. The quantitative estimate of drug-likeness (QED) is 0.673. The molecule has 1 aromatic rings. The van der Waals surface area contributed by atoms with Crippen LogP contribution in [0.1, 0.15) is 38.2 Å². The van der Waals surface area contributed by atoms with Crippen molar-refractivity contribution in [3.05, 3.63) is 29.8 Å². The zero-order valence-corrected chi connectivity index (χ0v) is 13.1. The summed E-state index contributed by atoms with van der Waals surface area (Å²) in [4.78, 5) is 12.0. The highest BCUT2D eigenvalue weighted by Crippen LogP contribution is 2.23. The first kappa shape index (κ1) is 16.6. The lowest BCUT2D eigenvalue weighted by Gasteiger charge is -2.28. The third-order valence-electron chi connectivity index (χ3n) is 4.30. The van der Waals surface area contributed by atoms with Gasteiger partial charge in [0.25, 0.3) is 0 Å². The molecule has 22 heavy (non-hydrogen) atoms. The summed E-state index contributed by atoms with van der Waals surface area (Å²) in [5.74, 6) is 0.648. The van der Waals surface area contributed by atoms with Crippen LogP contribution in [0.5, 0.6) is 5.75 Å². The molecular formula is C17H26N2O3. The molecule has 4 N–H and O–H groups in total. The molecule has 0 bridgehead atoms. The summed E-state index contributed by atoms with van der Waals surface area (Å²) in [7, 11) is 0. The maximum Gasteiger partial charge on any atom is 0.315 e. The molecule has 122 valence electrons. The number of carbonyl (C=O) groups excluding carboxylic acids is 1. The number of phenolic OH excluding ortho intramolecular Hbond substituents is 1. The van der Waals surface area contributed by atoms with Crippen LogP contribution in [0.4, 0.5) is 4.79 Å². The first-order valence-corrected chi connectivity index (χ1v) is 8.02. The van der Waals surface area contributed by atoms with Crippen molar-refractivity contribution in [2.24, 2.45) is 5.92 Å². The van der Waals surface area contributed by atoms with Crippen LogP contribution < -0.4 is 10.6 Å². The van der Waals surface area contributed by atoms with Crippen LogP contribution in [0.15, 0.2) is 24.3 Å². The van der Waals surface area contributed by atoms with Gasteiger partial charge >= 0.3 is 6.03 Å². The van der Waals surface area contributed by atoms with E-state index in [1.54, 1.807) is 12.1 Å². The molecule has 5 nitrogen and oxygen atoms in total. The summed E-state index contributed by atoms with van der Waals surface area (Å²) in [6.07, 6.45) is 4.55. The highest BCUT2D eigenvalue weighted by atomic mass is 16.3. The molecule has 1 aliphatic carbocycles. The molecule has 2 amide bonds. The number of benzene rings is 1. The Morgan fingerprint density at radius 1 is 1.23 bits per heavy atom. The van der Waals surface area contributed by atoms with Gasteiger partial charge in [-0.3, -0.25) is 0 Å². The summed E-state index contributed by atoms with van der Waals surface area (Å²) >= 11 is 0. The second kappa shape index (κ2) is 8.03. The number of aromatic hydroxyl groups is 1. The van der Waals surface area contributed by atoms with Gasteiger partial charge in [0.15, 0.2) is 0 Å². The van der Waals surface area contributed by atoms with Crippen LogP contribution in [-0.4, -0.2) is 34.9 Å². The van der Waals surface area contributed by atoms with E-state index in [4.69, 9.17) is 5.11 Å². The second-order valence-corrected chi connectivity index (χ2v) is 6.29. The Kier molecular flexibility index (Phi) is 6.07. The van der Waals surface area contributed by atoms with E-state index >= 15 is 0 Å². The number of urea groups is 1. The molecule has 2 rings (SSSR count). The normalized spacial score (nSPS) is 22.8. The van der Waals surface area contributed by atoms with Crippen molar-refractivity contribution < 1.29 is 15.0 Å². The maximum absolute atomic E-state index is 12.0. The standard InChI is InChI=1S/C17H26N2O3/c1-12(10-13-4-8-16(21)9-5-13)18-17(22)19-15-6-2-14(11-20)3-7-15/h4-5,8-9,12,14-15,20-21H,2-3,6-7,10-11H2,1H3,(H2,18,19,22). The van der Waals surface area contributed by atoms with E-state index in [0.29, 0.717) is 5.92 Å². The lowest BCUT2D eigenvalue weighted by molar-refractivity contribution is 0.174. The average molecular weight is 306 g/mol. The van der Waals surface area contributed by atoms with Crippen molar-refractivity contribution in [2.75, 3.05) is 6.61 Å². The van der Waals surface area contributed by atoms with Gasteiger partial charge in [0.1, 0.15) is 5.75 Å². The minimum absolute atomic E-state index is 0.0262. The molecule has 0 radical (unpaired) electrons. The largest absolute Gasteiger partial charge is 0.508 e. The number of carbonyl (C=O) groups is 1.